The lowest BCUT2D eigenvalue weighted by Gasteiger charge is -2.30. The molecule has 4 heteroatoms. The summed E-state index contributed by atoms with van der Waals surface area (Å²) in [4.78, 5) is 12.5. The molecule has 2 aromatic rings. The Labute approximate surface area is 194 Å². The molecule has 0 saturated carbocycles. The molecule has 0 bridgehead atoms. The molecular weight excluding hydrogens is 471 g/mol. The van der Waals surface area contributed by atoms with Crippen molar-refractivity contribution < 1.29 is 33.3 Å². The third kappa shape index (κ3) is 9.30. The average molecular weight is 508 g/mol. The Morgan fingerprint density at radius 2 is 1.55 bits per heavy atom. The summed E-state index contributed by atoms with van der Waals surface area (Å²) < 4.78 is 0.923. The minimum absolute atomic E-state index is 0. The van der Waals surface area contributed by atoms with Gasteiger partial charge in [-0.25, -0.2) is 0 Å². The van der Waals surface area contributed by atoms with Crippen molar-refractivity contribution in [2.75, 3.05) is 27.2 Å². The van der Waals surface area contributed by atoms with Gasteiger partial charge in [-0.3, -0.25) is 4.79 Å². The van der Waals surface area contributed by atoms with Crippen LogP contribution in [-0.2, 0) is 17.8 Å². The van der Waals surface area contributed by atoms with Crippen LogP contribution < -0.4 is 29.3 Å². The first kappa shape index (κ1) is 25.6. The molecule has 0 aliphatic heterocycles. The molecule has 160 valence electrons. The lowest BCUT2D eigenvalue weighted by atomic mass is 9.96. The maximum atomic E-state index is 12.5. The molecule has 1 atom stereocenters. The van der Waals surface area contributed by atoms with Gasteiger partial charge in [0.1, 0.15) is 6.54 Å². The number of carbonyl (C=O) groups is 1. The average Bonchev–Trinajstić information content (AvgIpc) is 2.65. The van der Waals surface area contributed by atoms with Crippen LogP contribution in [0.25, 0.3) is 0 Å². The van der Waals surface area contributed by atoms with Gasteiger partial charge in [0.2, 0.25) is 5.91 Å². The van der Waals surface area contributed by atoms with Gasteiger partial charge in [0, 0.05) is 18.5 Å². The smallest absolute Gasteiger partial charge is 0.227 e. The van der Waals surface area contributed by atoms with Crippen molar-refractivity contribution in [2.45, 2.75) is 46.1 Å². The van der Waals surface area contributed by atoms with Gasteiger partial charge in [-0.2, -0.15) is 0 Å². The summed E-state index contributed by atoms with van der Waals surface area (Å²) in [5.74, 6) is 0.654. The monoisotopic (exact) mass is 508 g/mol. The predicted molar refractivity (Wildman–Crippen MR) is 118 cm³/mol. The fraction of sp³-hybridized carbons (Fsp3) is 0.480. The van der Waals surface area contributed by atoms with Crippen molar-refractivity contribution in [1.29, 1.82) is 0 Å². The highest BCUT2D eigenvalue weighted by molar-refractivity contribution is 5.83. The number of rotatable bonds is 10. The van der Waals surface area contributed by atoms with Crippen LogP contribution >= 0.6 is 0 Å². The molecule has 1 unspecified atom stereocenters. The fourth-order valence-electron chi connectivity index (χ4n) is 3.59. The Morgan fingerprint density at radius 3 is 2.14 bits per heavy atom. The second kappa shape index (κ2) is 12.3. The number of carbonyl (C=O) groups excluding carboxylic acids is 1. The maximum absolute atomic E-state index is 12.5. The van der Waals surface area contributed by atoms with E-state index in [0.29, 0.717) is 5.92 Å². The van der Waals surface area contributed by atoms with Gasteiger partial charge in [-0.05, 0) is 30.4 Å². The number of nitrogens with zero attached hydrogens (tertiary/aromatic N) is 1. The van der Waals surface area contributed by atoms with Crippen LogP contribution in [0.2, 0.25) is 0 Å². The topological polar surface area (TPSA) is 29.1 Å². The largest absolute Gasteiger partial charge is 1.00 e. The number of quaternary nitrogens is 1. The molecule has 0 aliphatic carbocycles. The molecule has 0 fully saturated rings. The number of hydrogen-bond acceptors (Lipinski definition) is 1. The van der Waals surface area contributed by atoms with E-state index < -0.39 is 0 Å². The van der Waals surface area contributed by atoms with Gasteiger partial charge in [-0.1, -0.05) is 68.4 Å². The minimum Gasteiger partial charge on any atom is -1.00 e. The first-order valence-corrected chi connectivity index (χ1v) is 10.5. The Balaban J connectivity index is 0.00000420. The van der Waals surface area contributed by atoms with Gasteiger partial charge in [0.05, 0.1) is 26.6 Å². The highest BCUT2D eigenvalue weighted by Crippen LogP contribution is 2.18. The van der Waals surface area contributed by atoms with Crippen LogP contribution in [0.4, 0.5) is 0 Å². The first-order chi connectivity index (χ1) is 13.3. The highest BCUT2D eigenvalue weighted by Gasteiger charge is 2.17. The van der Waals surface area contributed by atoms with E-state index in [2.05, 4.69) is 87.9 Å². The van der Waals surface area contributed by atoms with Crippen molar-refractivity contribution in [3.8, 4) is 0 Å². The summed E-state index contributed by atoms with van der Waals surface area (Å²) in [5, 5.41) is 3.12. The van der Waals surface area contributed by atoms with Crippen molar-refractivity contribution in [3.63, 3.8) is 0 Å². The van der Waals surface area contributed by atoms with E-state index in [1.807, 2.05) is 6.92 Å². The van der Waals surface area contributed by atoms with Crippen molar-refractivity contribution >= 4 is 5.91 Å². The summed E-state index contributed by atoms with van der Waals surface area (Å²) >= 11 is 0. The zero-order chi connectivity index (χ0) is 20.6. The van der Waals surface area contributed by atoms with Crippen LogP contribution in [0.15, 0.2) is 54.6 Å². The zero-order valence-electron chi connectivity index (χ0n) is 18.6. The SMILES string of the molecule is CC(C)Cc1ccc(C(C)C(=O)NCCC[N+](C)(C)Cc2ccccc2)cc1.[I-]. The van der Waals surface area contributed by atoms with E-state index >= 15 is 0 Å². The molecule has 1 amide bonds. The zero-order valence-corrected chi connectivity index (χ0v) is 20.8. The minimum atomic E-state index is -0.111. The van der Waals surface area contributed by atoms with Crippen LogP contribution in [0.3, 0.4) is 0 Å². The van der Waals surface area contributed by atoms with Crippen LogP contribution in [0.1, 0.15) is 49.8 Å². The second-order valence-corrected chi connectivity index (χ2v) is 9.01. The first-order valence-electron chi connectivity index (χ1n) is 10.5. The number of hydrogen-bond donors (Lipinski definition) is 1. The van der Waals surface area contributed by atoms with Crippen molar-refractivity contribution in [1.82, 2.24) is 5.32 Å². The lowest BCUT2D eigenvalue weighted by molar-refractivity contribution is -0.903. The van der Waals surface area contributed by atoms with E-state index in [1.165, 1.54) is 11.1 Å². The number of halogens is 1. The van der Waals surface area contributed by atoms with E-state index in [4.69, 9.17) is 0 Å². The summed E-state index contributed by atoms with van der Waals surface area (Å²) in [5.41, 5.74) is 3.78. The number of amides is 1. The van der Waals surface area contributed by atoms with Crippen molar-refractivity contribution in [3.05, 3.63) is 71.3 Å². The maximum Gasteiger partial charge on any atom is 0.227 e. The van der Waals surface area contributed by atoms with E-state index in [-0.39, 0.29) is 35.8 Å². The highest BCUT2D eigenvalue weighted by atomic mass is 127. The molecule has 0 radical (unpaired) electrons. The quantitative estimate of drug-likeness (QED) is 0.296. The van der Waals surface area contributed by atoms with Crippen LogP contribution in [0.5, 0.6) is 0 Å². The molecule has 3 nitrogen and oxygen atoms in total. The lowest BCUT2D eigenvalue weighted by Crippen LogP contribution is -3.00. The molecule has 2 rings (SSSR count). The van der Waals surface area contributed by atoms with Crippen LogP contribution in [-0.4, -0.2) is 37.6 Å². The molecule has 0 heterocycles. The predicted octanol–water partition coefficient (Wildman–Crippen LogP) is 1.78. The number of benzene rings is 2. The Bertz CT molecular complexity index is 726. The molecule has 0 aromatic heterocycles. The summed E-state index contributed by atoms with van der Waals surface area (Å²) in [6.45, 7) is 9.21. The molecule has 0 spiro atoms. The van der Waals surface area contributed by atoms with Gasteiger partial charge in [0.15, 0.2) is 0 Å². The van der Waals surface area contributed by atoms with Gasteiger partial charge in [0.25, 0.3) is 0 Å². The summed E-state index contributed by atoms with van der Waals surface area (Å²) in [6.07, 6.45) is 2.06. The Hall–Kier alpha value is -1.40. The van der Waals surface area contributed by atoms with Gasteiger partial charge >= 0.3 is 0 Å². The van der Waals surface area contributed by atoms with E-state index in [9.17, 15) is 4.79 Å². The molecular formula is C25H37IN2O. The molecule has 29 heavy (non-hydrogen) atoms. The molecule has 1 N–H and O–H groups in total. The van der Waals surface area contributed by atoms with Crippen molar-refractivity contribution in [2.24, 2.45) is 5.92 Å². The van der Waals surface area contributed by atoms with E-state index in [1.54, 1.807) is 0 Å². The molecule has 2 aromatic carbocycles. The fourth-order valence-corrected chi connectivity index (χ4v) is 3.59. The normalized spacial score (nSPS) is 12.3. The van der Waals surface area contributed by atoms with Crippen LogP contribution in [0, 0.1) is 5.92 Å². The Morgan fingerprint density at radius 1 is 0.931 bits per heavy atom. The number of nitrogens with one attached hydrogen (secondary N) is 1. The summed E-state index contributed by atoms with van der Waals surface area (Å²) in [7, 11) is 4.49. The Kier molecular flexibility index (Phi) is 10.9. The molecule has 0 aliphatic rings. The van der Waals surface area contributed by atoms with Gasteiger partial charge in [-0.15, -0.1) is 0 Å². The summed E-state index contributed by atoms with van der Waals surface area (Å²) in [6, 6.07) is 19.1. The molecule has 0 saturated heterocycles. The van der Waals surface area contributed by atoms with Gasteiger partial charge < -0.3 is 33.8 Å². The third-order valence-corrected chi connectivity index (χ3v) is 5.21. The van der Waals surface area contributed by atoms with E-state index in [0.717, 1.165) is 42.5 Å². The standard InChI is InChI=1S/C25H36N2O.HI/c1-20(2)18-22-12-14-24(15-13-22)21(3)25(28)26-16-9-17-27(4,5)19-23-10-7-6-8-11-23;/h6-8,10-15,20-21H,9,16-19H2,1-5H3;1H. The second-order valence-electron chi connectivity index (χ2n) is 9.01. The third-order valence-electron chi connectivity index (χ3n) is 5.21.